The predicted molar refractivity (Wildman–Crippen MR) is 94.0 cm³/mol. The second kappa shape index (κ2) is 6.24. The lowest BCUT2D eigenvalue weighted by Crippen LogP contribution is -2.05. The number of ketones is 1. The molecular weight excluding hydrogens is 314 g/mol. The highest BCUT2D eigenvalue weighted by molar-refractivity contribution is 5.97. The van der Waals surface area contributed by atoms with Crippen LogP contribution in [0, 0.1) is 0 Å². The van der Waals surface area contributed by atoms with Gasteiger partial charge < -0.3 is 0 Å². The van der Waals surface area contributed by atoms with Gasteiger partial charge in [0.2, 0.25) is 0 Å². The molecule has 0 saturated carbocycles. The SMILES string of the molecule is Cn1cc(-c2cc3cc(CC(=O)c4ccncc4)ncc3cn2)cn1. The molecule has 0 N–H and O–H groups in total. The Kier molecular flexibility index (Phi) is 3.78. The molecule has 0 amide bonds. The van der Waals surface area contributed by atoms with Crippen LogP contribution in [0.2, 0.25) is 0 Å². The van der Waals surface area contributed by atoms with E-state index in [0.29, 0.717) is 5.56 Å². The molecular formula is C19H15N5O. The van der Waals surface area contributed by atoms with Gasteiger partial charge in [0, 0.05) is 60.2 Å². The van der Waals surface area contributed by atoms with Crippen LogP contribution in [-0.4, -0.2) is 30.5 Å². The molecule has 6 heteroatoms. The minimum absolute atomic E-state index is 0.0239. The number of rotatable bonds is 4. The van der Waals surface area contributed by atoms with E-state index in [1.54, 1.807) is 47.8 Å². The monoisotopic (exact) mass is 329 g/mol. The molecule has 0 saturated heterocycles. The van der Waals surface area contributed by atoms with Gasteiger partial charge in [-0.2, -0.15) is 5.10 Å². The van der Waals surface area contributed by atoms with E-state index in [2.05, 4.69) is 20.1 Å². The van der Waals surface area contributed by atoms with Crippen LogP contribution in [-0.2, 0) is 13.5 Å². The lowest BCUT2D eigenvalue weighted by atomic mass is 10.1. The molecule has 0 fully saturated rings. The molecule has 0 atom stereocenters. The van der Waals surface area contributed by atoms with E-state index in [9.17, 15) is 4.79 Å². The number of hydrogen-bond acceptors (Lipinski definition) is 5. The third-order valence-corrected chi connectivity index (χ3v) is 4.00. The summed E-state index contributed by atoms with van der Waals surface area (Å²) in [5.41, 5.74) is 3.18. The smallest absolute Gasteiger partial charge is 0.168 e. The molecule has 6 nitrogen and oxygen atoms in total. The van der Waals surface area contributed by atoms with Crippen molar-refractivity contribution in [2.45, 2.75) is 6.42 Å². The number of aryl methyl sites for hydroxylation is 1. The Morgan fingerprint density at radius 3 is 2.60 bits per heavy atom. The van der Waals surface area contributed by atoms with Gasteiger partial charge in [-0.3, -0.25) is 24.4 Å². The molecule has 0 radical (unpaired) electrons. The van der Waals surface area contributed by atoms with E-state index >= 15 is 0 Å². The largest absolute Gasteiger partial charge is 0.294 e. The maximum absolute atomic E-state index is 12.4. The van der Waals surface area contributed by atoms with Crippen LogP contribution in [0.15, 0.2) is 61.4 Å². The van der Waals surface area contributed by atoms with Gasteiger partial charge in [-0.05, 0) is 29.7 Å². The Hall–Kier alpha value is -3.41. The van der Waals surface area contributed by atoms with Crippen molar-refractivity contribution in [3.8, 4) is 11.3 Å². The molecule has 122 valence electrons. The summed E-state index contributed by atoms with van der Waals surface area (Å²) in [5.74, 6) is 0.0239. The number of nitrogens with zero attached hydrogens (tertiary/aromatic N) is 5. The first-order valence-corrected chi connectivity index (χ1v) is 7.86. The lowest BCUT2D eigenvalue weighted by Gasteiger charge is -2.04. The van der Waals surface area contributed by atoms with Crippen molar-refractivity contribution < 1.29 is 4.79 Å². The zero-order chi connectivity index (χ0) is 17.2. The van der Waals surface area contributed by atoms with Crippen LogP contribution >= 0.6 is 0 Å². The topological polar surface area (TPSA) is 73.6 Å². The van der Waals surface area contributed by atoms with Gasteiger partial charge in [0.15, 0.2) is 5.78 Å². The molecule has 0 aliphatic carbocycles. The van der Waals surface area contributed by atoms with E-state index in [-0.39, 0.29) is 12.2 Å². The third kappa shape index (κ3) is 3.14. The highest BCUT2D eigenvalue weighted by Crippen LogP contribution is 2.22. The van der Waals surface area contributed by atoms with Gasteiger partial charge in [-0.1, -0.05) is 0 Å². The van der Waals surface area contributed by atoms with E-state index in [1.807, 2.05) is 25.4 Å². The number of Topliss-reactive ketones (excluding diaryl/α,β-unsaturated/α-hetero) is 1. The molecule has 25 heavy (non-hydrogen) atoms. The Morgan fingerprint density at radius 1 is 1.04 bits per heavy atom. The number of fused-ring (bicyclic) bond motifs is 1. The maximum atomic E-state index is 12.4. The van der Waals surface area contributed by atoms with Crippen LogP contribution in [0.1, 0.15) is 16.1 Å². The van der Waals surface area contributed by atoms with Crippen LogP contribution in [0.5, 0.6) is 0 Å². The molecule has 0 aliphatic heterocycles. The molecule has 4 rings (SSSR count). The number of carbonyl (C=O) groups excluding carboxylic acids is 1. The first-order chi connectivity index (χ1) is 12.2. The first-order valence-electron chi connectivity index (χ1n) is 7.86. The quantitative estimate of drug-likeness (QED) is 0.538. The first kappa shape index (κ1) is 15.1. The van der Waals surface area contributed by atoms with Crippen LogP contribution in [0.3, 0.4) is 0 Å². The van der Waals surface area contributed by atoms with E-state index < -0.39 is 0 Å². The molecule has 0 spiro atoms. The van der Waals surface area contributed by atoms with Crippen molar-refractivity contribution in [1.29, 1.82) is 0 Å². The van der Waals surface area contributed by atoms with Crippen molar-refractivity contribution in [3.05, 3.63) is 72.7 Å². The highest BCUT2D eigenvalue weighted by atomic mass is 16.1. The molecule has 0 unspecified atom stereocenters. The maximum Gasteiger partial charge on any atom is 0.168 e. The number of carbonyl (C=O) groups is 1. The molecule has 4 aromatic rings. The molecule has 0 aliphatic rings. The van der Waals surface area contributed by atoms with E-state index in [0.717, 1.165) is 27.7 Å². The fourth-order valence-electron chi connectivity index (χ4n) is 2.70. The summed E-state index contributed by atoms with van der Waals surface area (Å²) in [5, 5.41) is 6.12. The fourth-order valence-corrected chi connectivity index (χ4v) is 2.70. The summed E-state index contributed by atoms with van der Waals surface area (Å²) in [7, 11) is 1.87. The van der Waals surface area contributed by atoms with Gasteiger partial charge in [-0.15, -0.1) is 0 Å². The summed E-state index contributed by atoms with van der Waals surface area (Å²) in [6, 6.07) is 7.37. The summed E-state index contributed by atoms with van der Waals surface area (Å²) < 4.78 is 1.74. The van der Waals surface area contributed by atoms with Crippen molar-refractivity contribution in [3.63, 3.8) is 0 Å². The Labute approximate surface area is 144 Å². The standard InChI is InChI=1S/C19H15N5O/c1-24-12-16(11-23-24)18-7-14-6-17(21-9-15(14)10-22-18)8-19(25)13-2-4-20-5-3-13/h2-7,9-12H,8H2,1H3. The van der Waals surface area contributed by atoms with Crippen LogP contribution < -0.4 is 0 Å². The minimum atomic E-state index is 0.0239. The van der Waals surface area contributed by atoms with Crippen molar-refractivity contribution in [2.75, 3.05) is 0 Å². The number of aromatic nitrogens is 5. The van der Waals surface area contributed by atoms with Gasteiger partial charge in [0.1, 0.15) is 0 Å². The Balaban J connectivity index is 1.66. The van der Waals surface area contributed by atoms with Gasteiger partial charge in [-0.25, -0.2) is 0 Å². The fraction of sp³-hybridized carbons (Fsp3) is 0.105. The molecule has 0 bridgehead atoms. The molecule has 4 heterocycles. The summed E-state index contributed by atoms with van der Waals surface area (Å²) >= 11 is 0. The van der Waals surface area contributed by atoms with Gasteiger partial charge in [0.25, 0.3) is 0 Å². The Morgan fingerprint density at radius 2 is 1.84 bits per heavy atom. The van der Waals surface area contributed by atoms with E-state index in [1.165, 1.54) is 0 Å². The highest BCUT2D eigenvalue weighted by Gasteiger charge is 2.09. The Bertz CT molecular complexity index is 1060. The summed E-state index contributed by atoms with van der Waals surface area (Å²) in [6.45, 7) is 0. The second-order valence-electron chi connectivity index (χ2n) is 5.83. The normalized spacial score (nSPS) is 10.9. The third-order valence-electron chi connectivity index (χ3n) is 4.00. The van der Waals surface area contributed by atoms with Gasteiger partial charge >= 0.3 is 0 Å². The van der Waals surface area contributed by atoms with Crippen molar-refractivity contribution in [2.24, 2.45) is 7.05 Å². The van der Waals surface area contributed by atoms with Crippen LogP contribution in [0.25, 0.3) is 22.0 Å². The average molecular weight is 329 g/mol. The van der Waals surface area contributed by atoms with Gasteiger partial charge in [0.05, 0.1) is 18.3 Å². The summed E-state index contributed by atoms with van der Waals surface area (Å²) in [4.78, 5) is 25.1. The number of pyridine rings is 3. The van der Waals surface area contributed by atoms with E-state index in [4.69, 9.17) is 0 Å². The zero-order valence-electron chi connectivity index (χ0n) is 13.6. The molecule has 4 aromatic heterocycles. The average Bonchev–Trinajstić information content (AvgIpc) is 3.08. The van der Waals surface area contributed by atoms with Crippen LogP contribution in [0.4, 0.5) is 0 Å². The predicted octanol–water partition coefficient (Wildman–Crippen LogP) is 2.85. The number of hydrogen-bond donors (Lipinski definition) is 0. The molecule has 0 aromatic carbocycles. The van der Waals surface area contributed by atoms with Crippen molar-refractivity contribution >= 4 is 16.6 Å². The lowest BCUT2D eigenvalue weighted by molar-refractivity contribution is 0.0992. The minimum Gasteiger partial charge on any atom is -0.294 e. The summed E-state index contributed by atoms with van der Waals surface area (Å²) in [6.07, 6.45) is 10.7. The zero-order valence-corrected chi connectivity index (χ0v) is 13.6. The second-order valence-corrected chi connectivity index (χ2v) is 5.83. The van der Waals surface area contributed by atoms with Crippen molar-refractivity contribution in [1.82, 2.24) is 24.7 Å².